The Kier molecular flexibility index (Phi) is 3.81. The average molecular weight is 312 g/mol. The van der Waals surface area contributed by atoms with Crippen molar-refractivity contribution in [1.29, 1.82) is 0 Å². The van der Waals surface area contributed by atoms with Gasteiger partial charge in [-0.15, -0.1) is 11.3 Å². The number of methoxy groups -OCH3 is 1. The summed E-state index contributed by atoms with van der Waals surface area (Å²) in [7, 11) is 5.42. The Morgan fingerprint density at radius 1 is 1.18 bits per heavy atom. The quantitative estimate of drug-likeness (QED) is 0.690. The number of hydrogen-bond acceptors (Lipinski definition) is 5. The van der Waals surface area contributed by atoms with Gasteiger partial charge in [-0.05, 0) is 30.3 Å². The highest BCUT2D eigenvalue weighted by Gasteiger charge is 2.11. The van der Waals surface area contributed by atoms with Gasteiger partial charge in [0.1, 0.15) is 5.01 Å². The fourth-order valence-electron chi connectivity index (χ4n) is 2.21. The molecule has 22 heavy (non-hydrogen) atoms. The summed E-state index contributed by atoms with van der Waals surface area (Å²) in [6.07, 6.45) is 0. The van der Waals surface area contributed by atoms with E-state index in [-0.39, 0.29) is 5.97 Å². The van der Waals surface area contributed by atoms with Crippen LogP contribution in [0.3, 0.4) is 0 Å². The molecular weight excluding hydrogens is 296 g/mol. The first-order valence-electron chi connectivity index (χ1n) is 6.85. The summed E-state index contributed by atoms with van der Waals surface area (Å²) in [4.78, 5) is 18.4. The minimum absolute atomic E-state index is 0.335. The SMILES string of the molecule is COC(=O)c1cccc(-c2nc3ccc(N(C)C)cc3s2)c1. The van der Waals surface area contributed by atoms with Gasteiger partial charge in [-0.1, -0.05) is 12.1 Å². The summed E-state index contributed by atoms with van der Waals surface area (Å²) in [6.45, 7) is 0. The lowest BCUT2D eigenvalue weighted by Gasteiger charge is -2.11. The zero-order valence-electron chi connectivity index (χ0n) is 12.7. The Labute approximate surface area is 133 Å². The van der Waals surface area contributed by atoms with E-state index in [9.17, 15) is 4.79 Å². The van der Waals surface area contributed by atoms with Crippen molar-refractivity contribution >= 4 is 33.2 Å². The van der Waals surface area contributed by atoms with Gasteiger partial charge in [-0.25, -0.2) is 9.78 Å². The summed E-state index contributed by atoms with van der Waals surface area (Å²) in [5.41, 5.74) is 3.57. The number of fused-ring (bicyclic) bond motifs is 1. The molecule has 0 aliphatic heterocycles. The molecule has 3 aromatic rings. The average Bonchev–Trinajstić information content (AvgIpc) is 2.97. The molecule has 1 aromatic heterocycles. The molecule has 0 radical (unpaired) electrons. The van der Waals surface area contributed by atoms with Crippen molar-refractivity contribution in [1.82, 2.24) is 4.98 Å². The topological polar surface area (TPSA) is 42.4 Å². The summed E-state index contributed by atoms with van der Waals surface area (Å²) < 4.78 is 5.90. The van der Waals surface area contributed by atoms with Gasteiger partial charge in [0, 0.05) is 25.3 Å². The Balaban J connectivity index is 2.05. The van der Waals surface area contributed by atoms with Gasteiger partial charge >= 0.3 is 5.97 Å². The van der Waals surface area contributed by atoms with Crippen molar-refractivity contribution in [2.45, 2.75) is 0 Å². The zero-order valence-corrected chi connectivity index (χ0v) is 13.5. The lowest BCUT2D eigenvalue weighted by molar-refractivity contribution is 0.0601. The van der Waals surface area contributed by atoms with Crippen LogP contribution in [-0.4, -0.2) is 32.2 Å². The van der Waals surface area contributed by atoms with E-state index in [1.165, 1.54) is 7.11 Å². The van der Waals surface area contributed by atoms with Crippen molar-refractivity contribution in [3.05, 3.63) is 48.0 Å². The molecule has 3 rings (SSSR count). The highest BCUT2D eigenvalue weighted by Crippen LogP contribution is 2.32. The van der Waals surface area contributed by atoms with Crippen molar-refractivity contribution in [2.75, 3.05) is 26.1 Å². The maximum Gasteiger partial charge on any atom is 0.337 e. The summed E-state index contributed by atoms with van der Waals surface area (Å²) >= 11 is 1.62. The van der Waals surface area contributed by atoms with E-state index in [1.807, 2.05) is 38.4 Å². The van der Waals surface area contributed by atoms with E-state index in [1.54, 1.807) is 17.4 Å². The zero-order chi connectivity index (χ0) is 15.7. The Hall–Kier alpha value is -2.40. The molecule has 2 aromatic carbocycles. The molecule has 0 aliphatic rings. The number of thiazole rings is 1. The van der Waals surface area contributed by atoms with Crippen LogP contribution in [-0.2, 0) is 4.74 Å². The van der Waals surface area contributed by atoms with Crippen LogP contribution >= 0.6 is 11.3 Å². The summed E-state index contributed by atoms with van der Waals surface area (Å²) in [5.74, 6) is -0.335. The number of esters is 1. The van der Waals surface area contributed by atoms with E-state index in [4.69, 9.17) is 4.74 Å². The molecule has 0 aliphatic carbocycles. The largest absolute Gasteiger partial charge is 0.465 e. The second-order valence-corrected chi connectivity index (χ2v) is 6.17. The van der Waals surface area contributed by atoms with Crippen LogP contribution in [0.1, 0.15) is 10.4 Å². The van der Waals surface area contributed by atoms with Gasteiger partial charge in [0.15, 0.2) is 0 Å². The number of carbonyl (C=O) groups is 1. The monoisotopic (exact) mass is 312 g/mol. The maximum atomic E-state index is 11.6. The van der Waals surface area contributed by atoms with Gasteiger partial charge in [0.2, 0.25) is 0 Å². The van der Waals surface area contributed by atoms with Gasteiger partial charge in [-0.2, -0.15) is 0 Å². The van der Waals surface area contributed by atoms with Crippen LogP contribution < -0.4 is 4.90 Å². The van der Waals surface area contributed by atoms with E-state index < -0.39 is 0 Å². The molecular formula is C17H16N2O2S. The van der Waals surface area contributed by atoms with Crippen LogP contribution in [0.2, 0.25) is 0 Å². The molecule has 112 valence electrons. The third-order valence-corrected chi connectivity index (χ3v) is 4.49. The van der Waals surface area contributed by atoms with Crippen LogP contribution in [0.25, 0.3) is 20.8 Å². The number of carbonyl (C=O) groups excluding carboxylic acids is 1. The van der Waals surface area contributed by atoms with E-state index in [0.717, 1.165) is 26.5 Å². The molecule has 5 heteroatoms. The van der Waals surface area contributed by atoms with Crippen molar-refractivity contribution in [3.8, 4) is 10.6 Å². The normalized spacial score (nSPS) is 10.7. The number of aromatic nitrogens is 1. The fraction of sp³-hybridized carbons (Fsp3) is 0.176. The molecule has 1 heterocycles. The minimum atomic E-state index is -0.335. The molecule has 0 bridgehead atoms. The molecule has 0 spiro atoms. The third-order valence-electron chi connectivity index (χ3n) is 3.42. The van der Waals surface area contributed by atoms with Gasteiger partial charge in [-0.3, -0.25) is 0 Å². The highest BCUT2D eigenvalue weighted by atomic mass is 32.1. The minimum Gasteiger partial charge on any atom is -0.465 e. The van der Waals surface area contributed by atoms with Crippen molar-refractivity contribution < 1.29 is 9.53 Å². The first kappa shape index (κ1) is 14.5. The molecule has 0 atom stereocenters. The van der Waals surface area contributed by atoms with Gasteiger partial charge < -0.3 is 9.64 Å². The Morgan fingerprint density at radius 2 is 2.00 bits per heavy atom. The lowest BCUT2D eigenvalue weighted by Crippen LogP contribution is -2.07. The number of rotatable bonds is 3. The second-order valence-electron chi connectivity index (χ2n) is 5.14. The second kappa shape index (κ2) is 5.77. The smallest absolute Gasteiger partial charge is 0.337 e. The first-order valence-corrected chi connectivity index (χ1v) is 7.67. The van der Waals surface area contributed by atoms with Crippen LogP contribution in [0.15, 0.2) is 42.5 Å². The fourth-order valence-corrected chi connectivity index (χ4v) is 3.21. The van der Waals surface area contributed by atoms with Crippen molar-refractivity contribution in [2.24, 2.45) is 0 Å². The Morgan fingerprint density at radius 3 is 2.73 bits per heavy atom. The molecule has 0 N–H and O–H groups in total. The highest BCUT2D eigenvalue weighted by molar-refractivity contribution is 7.21. The van der Waals surface area contributed by atoms with Crippen LogP contribution in [0, 0.1) is 0 Å². The summed E-state index contributed by atoms with van der Waals surface area (Å²) in [5, 5.41) is 0.900. The number of anilines is 1. The number of hydrogen-bond donors (Lipinski definition) is 0. The van der Waals surface area contributed by atoms with Crippen LogP contribution in [0.4, 0.5) is 5.69 Å². The molecule has 0 saturated carbocycles. The predicted molar refractivity (Wildman–Crippen MR) is 90.7 cm³/mol. The lowest BCUT2D eigenvalue weighted by atomic mass is 10.1. The van der Waals surface area contributed by atoms with E-state index in [2.05, 4.69) is 22.0 Å². The number of nitrogens with zero attached hydrogens (tertiary/aromatic N) is 2. The van der Waals surface area contributed by atoms with Crippen molar-refractivity contribution in [3.63, 3.8) is 0 Å². The molecule has 0 unspecified atom stereocenters. The maximum absolute atomic E-state index is 11.6. The van der Waals surface area contributed by atoms with Gasteiger partial charge in [0.25, 0.3) is 0 Å². The molecule has 0 amide bonds. The molecule has 4 nitrogen and oxygen atoms in total. The van der Waals surface area contributed by atoms with Gasteiger partial charge in [0.05, 0.1) is 22.9 Å². The third kappa shape index (κ3) is 2.67. The van der Waals surface area contributed by atoms with E-state index >= 15 is 0 Å². The van der Waals surface area contributed by atoms with E-state index in [0.29, 0.717) is 5.56 Å². The van der Waals surface area contributed by atoms with Crippen LogP contribution in [0.5, 0.6) is 0 Å². The standard InChI is InChI=1S/C17H16N2O2S/c1-19(2)13-7-8-14-15(10-13)22-16(18-14)11-5-4-6-12(9-11)17(20)21-3/h4-10H,1-3H3. The molecule has 0 saturated heterocycles. The first-order chi connectivity index (χ1) is 10.6. The number of benzene rings is 2. The predicted octanol–water partition coefficient (Wildman–Crippen LogP) is 3.82. The summed E-state index contributed by atoms with van der Waals surface area (Å²) in [6, 6.07) is 13.6. The number of ether oxygens (including phenoxy) is 1. The molecule has 0 fully saturated rings. The Bertz CT molecular complexity index is 840.